The molecule has 0 aliphatic rings. The van der Waals surface area contributed by atoms with E-state index >= 15 is 0 Å². The fourth-order valence-corrected chi connectivity index (χ4v) is 2.26. The molecule has 0 radical (unpaired) electrons. The molecule has 3 rings (SSSR count). The van der Waals surface area contributed by atoms with Gasteiger partial charge in [-0.2, -0.15) is 0 Å². The summed E-state index contributed by atoms with van der Waals surface area (Å²) >= 11 is 0. The summed E-state index contributed by atoms with van der Waals surface area (Å²) in [5, 5.41) is 10.1. The van der Waals surface area contributed by atoms with Crippen LogP contribution in [0, 0.1) is 0 Å². The van der Waals surface area contributed by atoms with Gasteiger partial charge in [-0.1, -0.05) is 30.3 Å². The average molecular weight is 322 g/mol. The molecule has 0 unspecified atom stereocenters. The number of aromatic amines is 1. The quantitative estimate of drug-likeness (QED) is 0.571. The lowest BCUT2D eigenvalue weighted by atomic mass is 10.1. The second kappa shape index (κ2) is 6.37. The summed E-state index contributed by atoms with van der Waals surface area (Å²) in [7, 11) is 1.29. The number of benzene rings is 2. The maximum atomic E-state index is 12.2. The number of methoxy groups -OCH3 is 1. The lowest BCUT2D eigenvalue weighted by molar-refractivity contribution is 0.0601. The Morgan fingerprint density at radius 3 is 2.62 bits per heavy atom. The Kier molecular flexibility index (Phi) is 4.11. The van der Waals surface area contributed by atoms with Gasteiger partial charge in [0.2, 0.25) is 0 Å². The van der Waals surface area contributed by atoms with Crippen molar-refractivity contribution < 1.29 is 14.6 Å². The van der Waals surface area contributed by atoms with Crippen molar-refractivity contribution in [2.45, 2.75) is 0 Å². The molecule has 0 atom stereocenters. The molecule has 0 spiro atoms. The van der Waals surface area contributed by atoms with Gasteiger partial charge in [0.05, 0.1) is 23.7 Å². The van der Waals surface area contributed by atoms with Gasteiger partial charge in [0.25, 0.3) is 5.56 Å². The molecule has 0 saturated heterocycles. The smallest absolute Gasteiger partial charge is 0.337 e. The highest BCUT2D eigenvalue weighted by molar-refractivity contribution is 5.93. The molecule has 0 aliphatic carbocycles. The van der Waals surface area contributed by atoms with E-state index in [1.165, 1.54) is 19.3 Å². The number of carbonyl (C=O) groups excluding carboxylic acids is 1. The molecule has 3 aromatic rings. The third kappa shape index (κ3) is 3.03. The molecule has 0 amide bonds. The van der Waals surface area contributed by atoms with Crippen molar-refractivity contribution in [3.63, 3.8) is 0 Å². The Bertz CT molecular complexity index is 991. The zero-order valence-electron chi connectivity index (χ0n) is 12.8. The summed E-state index contributed by atoms with van der Waals surface area (Å²) in [6.45, 7) is 0. The van der Waals surface area contributed by atoms with E-state index in [0.717, 1.165) is 0 Å². The maximum Gasteiger partial charge on any atom is 0.337 e. The van der Waals surface area contributed by atoms with Gasteiger partial charge in [-0.25, -0.2) is 9.78 Å². The van der Waals surface area contributed by atoms with E-state index in [0.29, 0.717) is 22.2 Å². The number of aromatic nitrogens is 2. The van der Waals surface area contributed by atoms with Crippen LogP contribution in [0.25, 0.3) is 22.9 Å². The number of aliphatic hydroxyl groups is 1. The van der Waals surface area contributed by atoms with Crippen molar-refractivity contribution in [1.29, 1.82) is 0 Å². The molecular weight excluding hydrogens is 308 g/mol. The first-order chi connectivity index (χ1) is 11.6. The Balaban J connectivity index is 2.06. The number of aliphatic hydroxyl groups excluding tert-OH is 1. The van der Waals surface area contributed by atoms with Crippen molar-refractivity contribution in [2.75, 3.05) is 7.11 Å². The van der Waals surface area contributed by atoms with Crippen LogP contribution in [-0.2, 0) is 4.74 Å². The number of carbonyl (C=O) groups is 1. The lowest BCUT2D eigenvalue weighted by Crippen LogP contribution is -2.12. The molecule has 1 heterocycles. The highest BCUT2D eigenvalue weighted by Gasteiger charge is 2.09. The second-order valence-corrected chi connectivity index (χ2v) is 5.07. The van der Waals surface area contributed by atoms with Crippen LogP contribution in [0.15, 0.2) is 53.3 Å². The normalized spacial score (nSPS) is 11.5. The Morgan fingerprint density at radius 1 is 1.17 bits per heavy atom. The van der Waals surface area contributed by atoms with Gasteiger partial charge in [0.15, 0.2) is 0 Å². The second-order valence-electron chi connectivity index (χ2n) is 5.07. The van der Waals surface area contributed by atoms with Crippen LogP contribution in [0.2, 0.25) is 0 Å². The molecule has 1 aromatic heterocycles. The Labute approximate surface area is 137 Å². The van der Waals surface area contributed by atoms with Crippen LogP contribution in [-0.4, -0.2) is 28.2 Å². The maximum absolute atomic E-state index is 12.2. The minimum atomic E-state index is -0.497. The van der Waals surface area contributed by atoms with Gasteiger partial charge >= 0.3 is 5.97 Å². The first-order valence-corrected chi connectivity index (χ1v) is 7.17. The number of hydrogen-bond donors (Lipinski definition) is 2. The minimum Gasteiger partial charge on any atom is -0.507 e. The van der Waals surface area contributed by atoms with Crippen LogP contribution in [0.4, 0.5) is 0 Å². The molecule has 2 N–H and O–H groups in total. The van der Waals surface area contributed by atoms with E-state index < -0.39 is 11.5 Å². The zero-order valence-corrected chi connectivity index (χ0v) is 12.8. The Morgan fingerprint density at radius 2 is 1.92 bits per heavy atom. The third-order valence-corrected chi connectivity index (χ3v) is 3.48. The number of fused-ring (bicyclic) bond motifs is 1. The summed E-state index contributed by atoms with van der Waals surface area (Å²) in [5.74, 6) is -0.553. The highest BCUT2D eigenvalue weighted by Crippen LogP contribution is 2.15. The topological polar surface area (TPSA) is 92.3 Å². The standard InChI is InChI=1S/C18H14N2O4/c1-24-18(23)12-7-8-13-14(9-12)20-17(22)15(19-13)10-16(21)11-5-3-2-4-6-11/h2-10,21H,1H3,(H,20,22)/b16-10+. The average Bonchev–Trinajstić information content (AvgIpc) is 2.62. The van der Waals surface area contributed by atoms with Gasteiger partial charge in [-0.3, -0.25) is 4.79 Å². The SMILES string of the molecule is COC(=O)c1ccc2nc(/C=C(/O)c3ccccc3)c(=O)[nH]c2c1. The van der Waals surface area contributed by atoms with E-state index in [1.807, 2.05) is 6.07 Å². The highest BCUT2D eigenvalue weighted by atomic mass is 16.5. The molecule has 24 heavy (non-hydrogen) atoms. The number of rotatable bonds is 3. The van der Waals surface area contributed by atoms with Gasteiger partial charge < -0.3 is 14.8 Å². The monoisotopic (exact) mass is 322 g/mol. The third-order valence-electron chi connectivity index (χ3n) is 3.48. The van der Waals surface area contributed by atoms with Crippen LogP contribution >= 0.6 is 0 Å². The predicted molar refractivity (Wildman–Crippen MR) is 90.6 cm³/mol. The van der Waals surface area contributed by atoms with Crippen molar-refractivity contribution in [2.24, 2.45) is 0 Å². The van der Waals surface area contributed by atoms with E-state index in [4.69, 9.17) is 0 Å². The summed E-state index contributed by atoms with van der Waals surface area (Å²) < 4.78 is 4.65. The zero-order chi connectivity index (χ0) is 17.1. The number of nitrogens with one attached hydrogen (secondary N) is 1. The first kappa shape index (κ1) is 15.5. The number of H-pyrrole nitrogens is 1. The number of hydrogen-bond acceptors (Lipinski definition) is 5. The molecule has 2 aromatic carbocycles. The van der Waals surface area contributed by atoms with Crippen molar-refractivity contribution in [3.8, 4) is 0 Å². The summed E-state index contributed by atoms with van der Waals surface area (Å²) in [5.41, 5.74) is 1.42. The number of esters is 1. The van der Waals surface area contributed by atoms with Gasteiger partial charge in [-0.15, -0.1) is 0 Å². The molecule has 0 fully saturated rings. The molecular formula is C18H14N2O4. The van der Waals surface area contributed by atoms with E-state index in [1.54, 1.807) is 36.4 Å². The molecule has 0 bridgehead atoms. The van der Waals surface area contributed by atoms with Gasteiger partial charge in [0, 0.05) is 11.6 Å². The van der Waals surface area contributed by atoms with Crippen LogP contribution in [0.5, 0.6) is 0 Å². The van der Waals surface area contributed by atoms with Crippen molar-refractivity contribution in [3.05, 3.63) is 75.7 Å². The largest absolute Gasteiger partial charge is 0.507 e. The fourth-order valence-electron chi connectivity index (χ4n) is 2.26. The van der Waals surface area contributed by atoms with E-state index in [2.05, 4.69) is 14.7 Å². The van der Waals surface area contributed by atoms with Crippen LogP contribution < -0.4 is 5.56 Å². The molecule has 0 aliphatic heterocycles. The van der Waals surface area contributed by atoms with Crippen molar-refractivity contribution >= 4 is 28.8 Å². The first-order valence-electron chi connectivity index (χ1n) is 7.17. The molecule has 6 nitrogen and oxygen atoms in total. The Hall–Kier alpha value is -3.41. The number of ether oxygens (including phenoxy) is 1. The summed E-state index contributed by atoms with van der Waals surface area (Å²) in [6.07, 6.45) is 1.31. The van der Waals surface area contributed by atoms with Gasteiger partial charge in [-0.05, 0) is 18.2 Å². The van der Waals surface area contributed by atoms with Crippen molar-refractivity contribution in [1.82, 2.24) is 9.97 Å². The minimum absolute atomic E-state index is 0.0564. The molecule has 6 heteroatoms. The van der Waals surface area contributed by atoms with Gasteiger partial charge in [0.1, 0.15) is 11.5 Å². The van der Waals surface area contributed by atoms with E-state index in [-0.39, 0.29) is 11.5 Å². The van der Waals surface area contributed by atoms with Crippen LogP contribution in [0.1, 0.15) is 21.6 Å². The fraction of sp³-hybridized carbons (Fsp3) is 0.0556. The summed E-state index contributed by atoms with van der Waals surface area (Å²) in [4.78, 5) is 30.6. The molecule has 0 saturated carbocycles. The molecule has 120 valence electrons. The lowest BCUT2D eigenvalue weighted by Gasteiger charge is -2.03. The predicted octanol–water partition coefficient (Wildman–Crippen LogP) is 2.77. The van der Waals surface area contributed by atoms with Crippen LogP contribution in [0.3, 0.4) is 0 Å². The van der Waals surface area contributed by atoms with E-state index in [9.17, 15) is 14.7 Å². The summed E-state index contributed by atoms with van der Waals surface area (Å²) in [6, 6.07) is 13.5. The number of nitrogens with zero attached hydrogens (tertiary/aromatic N) is 1.